The number of hydrogen-bond donors (Lipinski definition) is 1. The van der Waals surface area contributed by atoms with E-state index >= 15 is 0 Å². The van der Waals surface area contributed by atoms with Crippen LogP contribution in [-0.4, -0.2) is 12.4 Å². The molecule has 4 nitrogen and oxygen atoms in total. The van der Waals surface area contributed by atoms with Crippen LogP contribution in [0.3, 0.4) is 0 Å². The molecule has 6 heteroatoms. The lowest BCUT2D eigenvalue weighted by Gasteiger charge is -2.09. The average molecular weight is 226 g/mol. The highest BCUT2D eigenvalue weighted by molar-refractivity contribution is 5.98. The molecule has 0 atom stereocenters. The highest BCUT2D eigenvalue weighted by Crippen LogP contribution is 2.25. The SMILES string of the molecule is CC(=O)c1cc(OC(F)F)cc(N)c1C#N. The Balaban J connectivity index is 3.29. The summed E-state index contributed by atoms with van der Waals surface area (Å²) in [5.74, 6) is -0.681. The lowest BCUT2D eigenvalue weighted by atomic mass is 10.0. The molecule has 0 saturated carbocycles. The molecular weight excluding hydrogens is 218 g/mol. The van der Waals surface area contributed by atoms with Gasteiger partial charge in [-0.05, 0) is 13.0 Å². The first kappa shape index (κ1) is 11.9. The van der Waals surface area contributed by atoms with E-state index in [-0.39, 0.29) is 22.6 Å². The molecule has 84 valence electrons. The van der Waals surface area contributed by atoms with Gasteiger partial charge in [-0.3, -0.25) is 4.79 Å². The summed E-state index contributed by atoms with van der Waals surface area (Å²) in [4.78, 5) is 11.2. The van der Waals surface area contributed by atoms with Crippen LogP contribution in [0.1, 0.15) is 22.8 Å². The highest BCUT2D eigenvalue weighted by atomic mass is 19.3. The number of carbonyl (C=O) groups excluding carboxylic acids is 1. The van der Waals surface area contributed by atoms with E-state index in [2.05, 4.69) is 4.74 Å². The zero-order valence-corrected chi connectivity index (χ0v) is 8.33. The largest absolute Gasteiger partial charge is 0.435 e. The molecule has 0 aliphatic heterocycles. The minimum Gasteiger partial charge on any atom is -0.435 e. The maximum absolute atomic E-state index is 12.0. The molecule has 0 amide bonds. The van der Waals surface area contributed by atoms with Crippen LogP contribution in [0, 0.1) is 11.3 Å². The third-order valence-electron chi connectivity index (χ3n) is 1.86. The van der Waals surface area contributed by atoms with Crippen LogP contribution < -0.4 is 10.5 Å². The smallest absolute Gasteiger partial charge is 0.387 e. The summed E-state index contributed by atoms with van der Waals surface area (Å²) in [5.41, 5.74) is 5.32. The summed E-state index contributed by atoms with van der Waals surface area (Å²) in [6.45, 7) is -1.80. The van der Waals surface area contributed by atoms with Crippen molar-refractivity contribution in [3.63, 3.8) is 0 Å². The summed E-state index contributed by atoms with van der Waals surface area (Å²) in [6.07, 6.45) is 0. The third kappa shape index (κ3) is 2.45. The highest BCUT2D eigenvalue weighted by Gasteiger charge is 2.14. The standard InChI is InChI=1S/C10H8F2N2O2/c1-5(15)7-2-6(16-10(11)12)3-9(14)8(7)4-13/h2-3,10H,14H2,1H3. The van der Waals surface area contributed by atoms with E-state index in [9.17, 15) is 13.6 Å². The zero-order valence-electron chi connectivity index (χ0n) is 8.33. The van der Waals surface area contributed by atoms with Gasteiger partial charge in [0, 0.05) is 11.6 Å². The van der Waals surface area contributed by atoms with Gasteiger partial charge in [0.1, 0.15) is 11.8 Å². The van der Waals surface area contributed by atoms with E-state index in [0.29, 0.717) is 0 Å². The number of nitrogen functional groups attached to an aromatic ring is 1. The predicted molar refractivity (Wildman–Crippen MR) is 52.2 cm³/mol. The second-order valence-electron chi connectivity index (χ2n) is 2.98. The van der Waals surface area contributed by atoms with Gasteiger partial charge in [-0.15, -0.1) is 0 Å². The molecule has 0 heterocycles. The van der Waals surface area contributed by atoms with E-state index in [1.165, 1.54) is 6.92 Å². The lowest BCUT2D eigenvalue weighted by Crippen LogP contribution is -2.06. The van der Waals surface area contributed by atoms with Gasteiger partial charge >= 0.3 is 6.61 Å². The molecule has 1 rings (SSSR count). The molecule has 0 spiro atoms. The molecule has 0 aliphatic carbocycles. The molecule has 0 fully saturated rings. The Bertz CT molecular complexity index is 467. The Labute approximate surface area is 90.2 Å². The van der Waals surface area contributed by atoms with Crippen molar-refractivity contribution in [1.82, 2.24) is 0 Å². The number of nitrogens with zero attached hydrogens (tertiary/aromatic N) is 1. The van der Waals surface area contributed by atoms with E-state index in [1.807, 2.05) is 0 Å². The van der Waals surface area contributed by atoms with Crippen molar-refractivity contribution >= 4 is 11.5 Å². The Hall–Kier alpha value is -2.16. The molecule has 0 unspecified atom stereocenters. The van der Waals surface area contributed by atoms with Gasteiger partial charge in [-0.1, -0.05) is 0 Å². The van der Waals surface area contributed by atoms with Crippen LogP contribution in [0.2, 0.25) is 0 Å². The molecule has 16 heavy (non-hydrogen) atoms. The van der Waals surface area contributed by atoms with Gasteiger partial charge in [0.25, 0.3) is 0 Å². The number of nitrogens with two attached hydrogens (primary N) is 1. The normalized spacial score (nSPS) is 9.94. The molecular formula is C10H8F2N2O2. The first-order chi connectivity index (χ1) is 7.45. The van der Waals surface area contributed by atoms with E-state index in [4.69, 9.17) is 11.0 Å². The Morgan fingerprint density at radius 2 is 2.19 bits per heavy atom. The third-order valence-corrected chi connectivity index (χ3v) is 1.86. The van der Waals surface area contributed by atoms with Crippen LogP contribution in [0.4, 0.5) is 14.5 Å². The van der Waals surface area contributed by atoms with Gasteiger partial charge < -0.3 is 10.5 Å². The fraction of sp³-hybridized carbons (Fsp3) is 0.200. The average Bonchev–Trinajstić information content (AvgIpc) is 2.15. The second kappa shape index (κ2) is 4.57. The van der Waals surface area contributed by atoms with Crippen molar-refractivity contribution in [2.45, 2.75) is 13.5 Å². The van der Waals surface area contributed by atoms with Gasteiger partial charge in [0.15, 0.2) is 5.78 Å². The molecule has 0 aromatic heterocycles. The van der Waals surface area contributed by atoms with Gasteiger partial charge in [0.05, 0.1) is 11.3 Å². The number of hydrogen-bond acceptors (Lipinski definition) is 4. The number of anilines is 1. The van der Waals surface area contributed by atoms with Crippen LogP contribution in [0.5, 0.6) is 5.75 Å². The fourth-order valence-electron chi connectivity index (χ4n) is 1.21. The van der Waals surface area contributed by atoms with Crippen molar-refractivity contribution in [3.8, 4) is 11.8 Å². The van der Waals surface area contributed by atoms with Crippen LogP contribution in [0.15, 0.2) is 12.1 Å². The number of ketones is 1. The van der Waals surface area contributed by atoms with Crippen LogP contribution in [0.25, 0.3) is 0 Å². The fourth-order valence-corrected chi connectivity index (χ4v) is 1.21. The van der Waals surface area contributed by atoms with E-state index < -0.39 is 12.4 Å². The first-order valence-electron chi connectivity index (χ1n) is 4.25. The zero-order chi connectivity index (χ0) is 12.3. The number of alkyl halides is 2. The number of carbonyl (C=O) groups is 1. The van der Waals surface area contributed by atoms with Crippen molar-refractivity contribution in [3.05, 3.63) is 23.3 Å². The Kier molecular flexibility index (Phi) is 3.40. The molecule has 2 N–H and O–H groups in total. The van der Waals surface area contributed by atoms with Gasteiger partial charge in [-0.25, -0.2) is 0 Å². The number of benzene rings is 1. The van der Waals surface area contributed by atoms with Crippen molar-refractivity contribution in [2.24, 2.45) is 0 Å². The molecule has 0 radical (unpaired) electrons. The quantitative estimate of drug-likeness (QED) is 0.631. The number of halogens is 2. The molecule has 1 aromatic carbocycles. The second-order valence-corrected chi connectivity index (χ2v) is 2.98. The Morgan fingerprint density at radius 3 is 2.62 bits per heavy atom. The summed E-state index contributed by atoms with van der Waals surface area (Å²) >= 11 is 0. The summed E-state index contributed by atoms with van der Waals surface area (Å²) in [7, 11) is 0. The number of rotatable bonds is 3. The van der Waals surface area contributed by atoms with Gasteiger partial charge in [-0.2, -0.15) is 14.0 Å². The molecule has 0 saturated heterocycles. The minimum atomic E-state index is -3.01. The van der Waals surface area contributed by atoms with Crippen molar-refractivity contribution in [1.29, 1.82) is 5.26 Å². The monoisotopic (exact) mass is 226 g/mol. The maximum Gasteiger partial charge on any atom is 0.387 e. The van der Waals surface area contributed by atoms with Gasteiger partial charge in [0.2, 0.25) is 0 Å². The molecule has 0 aliphatic rings. The van der Waals surface area contributed by atoms with Crippen LogP contribution >= 0.6 is 0 Å². The van der Waals surface area contributed by atoms with E-state index in [1.54, 1.807) is 6.07 Å². The molecule has 0 bridgehead atoms. The number of Topliss-reactive ketones (excluding diaryl/α,β-unsaturated/α-hetero) is 1. The topological polar surface area (TPSA) is 76.1 Å². The number of ether oxygens (including phenoxy) is 1. The minimum absolute atomic E-state index is 0.0295. The maximum atomic E-state index is 12.0. The van der Waals surface area contributed by atoms with Crippen LogP contribution in [-0.2, 0) is 0 Å². The van der Waals surface area contributed by atoms with Crippen molar-refractivity contribution in [2.75, 3.05) is 5.73 Å². The first-order valence-corrected chi connectivity index (χ1v) is 4.25. The van der Waals surface area contributed by atoms with E-state index in [0.717, 1.165) is 12.1 Å². The lowest BCUT2D eigenvalue weighted by molar-refractivity contribution is -0.0498. The molecule has 1 aromatic rings. The van der Waals surface area contributed by atoms with Crippen molar-refractivity contribution < 1.29 is 18.3 Å². The summed E-state index contributed by atoms with van der Waals surface area (Å²) in [5, 5.41) is 8.75. The summed E-state index contributed by atoms with van der Waals surface area (Å²) < 4.78 is 28.0. The Morgan fingerprint density at radius 1 is 1.56 bits per heavy atom. The number of nitriles is 1. The summed E-state index contributed by atoms with van der Waals surface area (Å²) in [6, 6.07) is 3.89. The predicted octanol–water partition coefficient (Wildman–Crippen LogP) is 1.94.